The van der Waals surface area contributed by atoms with Crippen LogP contribution in [-0.4, -0.2) is 68.6 Å². The third kappa shape index (κ3) is 4.13. The summed E-state index contributed by atoms with van der Waals surface area (Å²) >= 11 is 0. The highest BCUT2D eigenvalue weighted by molar-refractivity contribution is 5.83. The quantitative estimate of drug-likeness (QED) is 0.413. The molecule has 2 aliphatic heterocycles. The molecule has 0 spiro atoms. The van der Waals surface area contributed by atoms with E-state index in [-0.39, 0.29) is 30.2 Å². The second kappa shape index (κ2) is 8.88. The molecule has 2 fully saturated rings. The Morgan fingerprint density at radius 3 is 2.79 bits per heavy atom. The van der Waals surface area contributed by atoms with Gasteiger partial charge >= 0.3 is 0 Å². The van der Waals surface area contributed by atoms with Gasteiger partial charge in [0.25, 0.3) is 0 Å². The molecule has 1 aromatic carbocycles. The number of fused-ring (bicyclic) bond motifs is 1. The number of ether oxygens (including phenoxy) is 1. The molecule has 4 heterocycles. The molecule has 2 aliphatic rings. The summed E-state index contributed by atoms with van der Waals surface area (Å²) < 4.78 is 5.74. The largest absolute Gasteiger partial charge is 0.494 e. The summed E-state index contributed by atoms with van der Waals surface area (Å²) in [4.78, 5) is 18.8. The zero-order valence-electron chi connectivity index (χ0n) is 19.5. The van der Waals surface area contributed by atoms with Crippen molar-refractivity contribution >= 4 is 17.4 Å². The molecule has 4 atom stereocenters. The fraction of sp³-hybridized carbons (Fsp3) is 0.409. The van der Waals surface area contributed by atoms with Crippen LogP contribution in [0, 0.1) is 12.8 Å². The number of tetrazole rings is 1. The standard InChI is InChI=1S/C22H28N10O2/c1-12-8-9-23-16(10-12)25-17-11-15(18-21(26-17)28-31(2)22(18)33)24-14-7-5-6-13(19(14)34-4)20-27-30-32(3)29-20/h5-10,15,17-18,21,24,26,28H,11H2,1-4H3,(H,23,25). The number of carbonyl (C=O) groups is 1. The number of nitrogens with one attached hydrogen (secondary N) is 4. The van der Waals surface area contributed by atoms with Crippen molar-refractivity contribution in [3.8, 4) is 17.1 Å². The average molecular weight is 465 g/mol. The van der Waals surface area contributed by atoms with Crippen LogP contribution in [0.2, 0.25) is 0 Å². The van der Waals surface area contributed by atoms with Crippen molar-refractivity contribution < 1.29 is 9.53 Å². The molecule has 0 aliphatic carbocycles. The molecule has 3 aromatic rings. The maximum Gasteiger partial charge on any atom is 0.244 e. The summed E-state index contributed by atoms with van der Waals surface area (Å²) in [6.45, 7) is 2.03. The number of nitrogens with zero attached hydrogens (tertiary/aromatic N) is 6. The minimum atomic E-state index is -0.309. The minimum absolute atomic E-state index is 0.0212. The van der Waals surface area contributed by atoms with Crippen LogP contribution in [0.3, 0.4) is 0 Å². The Balaban J connectivity index is 1.44. The van der Waals surface area contributed by atoms with Gasteiger partial charge in [0, 0.05) is 25.7 Å². The molecule has 0 bridgehead atoms. The fourth-order valence-electron chi connectivity index (χ4n) is 4.63. The van der Waals surface area contributed by atoms with E-state index >= 15 is 0 Å². The molecule has 178 valence electrons. The summed E-state index contributed by atoms with van der Waals surface area (Å²) in [7, 11) is 5.06. The molecule has 1 amide bonds. The number of para-hydroxylation sites is 1. The summed E-state index contributed by atoms with van der Waals surface area (Å²) in [5.74, 6) is 1.56. The average Bonchev–Trinajstić information content (AvgIpc) is 3.36. The molecule has 2 aromatic heterocycles. The van der Waals surface area contributed by atoms with Crippen molar-refractivity contribution in [2.45, 2.75) is 31.7 Å². The van der Waals surface area contributed by atoms with Gasteiger partial charge in [0.15, 0.2) is 5.75 Å². The van der Waals surface area contributed by atoms with Crippen LogP contribution in [0.15, 0.2) is 36.5 Å². The third-order valence-electron chi connectivity index (χ3n) is 6.16. The Labute approximate surface area is 197 Å². The molecular weight excluding hydrogens is 436 g/mol. The third-order valence-corrected chi connectivity index (χ3v) is 6.16. The van der Waals surface area contributed by atoms with E-state index in [4.69, 9.17) is 4.74 Å². The van der Waals surface area contributed by atoms with E-state index in [1.165, 1.54) is 4.80 Å². The topological polar surface area (TPSA) is 134 Å². The molecule has 0 saturated carbocycles. The number of anilines is 2. The first-order valence-corrected chi connectivity index (χ1v) is 11.1. The Morgan fingerprint density at radius 1 is 1.21 bits per heavy atom. The number of aromatic nitrogens is 5. The number of hydrogen-bond acceptors (Lipinski definition) is 10. The molecule has 4 unspecified atom stereocenters. The summed E-state index contributed by atoms with van der Waals surface area (Å²) in [5.41, 5.74) is 5.82. The van der Waals surface area contributed by atoms with E-state index in [0.717, 1.165) is 22.6 Å². The van der Waals surface area contributed by atoms with Gasteiger partial charge in [-0.3, -0.25) is 15.1 Å². The van der Waals surface area contributed by atoms with Crippen LogP contribution in [0.25, 0.3) is 11.4 Å². The van der Waals surface area contributed by atoms with Gasteiger partial charge in [-0.15, -0.1) is 10.2 Å². The first-order chi connectivity index (χ1) is 16.4. The lowest BCUT2D eigenvalue weighted by Crippen LogP contribution is -2.60. The molecule has 5 rings (SSSR count). The number of benzene rings is 1. The minimum Gasteiger partial charge on any atom is -0.494 e. The van der Waals surface area contributed by atoms with Gasteiger partial charge in [0.05, 0.1) is 43.7 Å². The van der Waals surface area contributed by atoms with Gasteiger partial charge in [-0.1, -0.05) is 6.07 Å². The highest BCUT2D eigenvalue weighted by Crippen LogP contribution is 2.37. The first kappa shape index (κ1) is 22.0. The summed E-state index contributed by atoms with van der Waals surface area (Å²) in [6.07, 6.45) is 2.06. The molecular formula is C22H28N10O2. The number of piperidine rings is 1. The monoisotopic (exact) mass is 464 g/mol. The maximum atomic E-state index is 13.0. The van der Waals surface area contributed by atoms with Gasteiger partial charge in [-0.2, -0.15) is 4.80 Å². The Kier molecular flexibility index (Phi) is 5.75. The van der Waals surface area contributed by atoms with Crippen molar-refractivity contribution in [2.75, 3.05) is 24.8 Å². The number of amides is 1. The van der Waals surface area contributed by atoms with Gasteiger partial charge in [0.2, 0.25) is 11.7 Å². The van der Waals surface area contributed by atoms with E-state index in [9.17, 15) is 4.79 Å². The summed E-state index contributed by atoms with van der Waals surface area (Å²) in [5, 5.41) is 24.4. The Bertz CT molecular complexity index is 1200. The highest BCUT2D eigenvalue weighted by Gasteiger charge is 2.48. The van der Waals surface area contributed by atoms with Crippen LogP contribution in [0.5, 0.6) is 5.75 Å². The lowest BCUT2D eigenvalue weighted by molar-refractivity contribution is -0.131. The molecule has 12 nitrogen and oxygen atoms in total. The van der Waals surface area contributed by atoms with Crippen molar-refractivity contribution in [1.82, 2.24) is 40.9 Å². The number of hydrogen-bond donors (Lipinski definition) is 4. The lowest BCUT2D eigenvalue weighted by atomic mass is 9.88. The van der Waals surface area contributed by atoms with E-state index in [1.54, 1.807) is 32.4 Å². The van der Waals surface area contributed by atoms with Crippen LogP contribution in [-0.2, 0) is 11.8 Å². The second-order valence-electron chi connectivity index (χ2n) is 8.59. The molecule has 12 heteroatoms. The van der Waals surface area contributed by atoms with Crippen LogP contribution in [0.1, 0.15) is 12.0 Å². The van der Waals surface area contributed by atoms with Gasteiger partial charge < -0.3 is 15.4 Å². The van der Waals surface area contributed by atoms with Crippen molar-refractivity contribution in [1.29, 1.82) is 0 Å². The fourth-order valence-corrected chi connectivity index (χ4v) is 4.63. The lowest BCUT2D eigenvalue weighted by Gasteiger charge is -2.39. The molecule has 0 radical (unpaired) electrons. The number of carbonyl (C=O) groups excluding carboxylic acids is 1. The Hall–Kier alpha value is -3.77. The van der Waals surface area contributed by atoms with E-state index in [0.29, 0.717) is 18.0 Å². The second-order valence-corrected chi connectivity index (χ2v) is 8.59. The van der Waals surface area contributed by atoms with Gasteiger partial charge in [-0.25, -0.2) is 10.4 Å². The number of aryl methyl sites for hydroxylation is 2. The summed E-state index contributed by atoms with van der Waals surface area (Å²) in [6, 6.07) is 9.49. The zero-order valence-corrected chi connectivity index (χ0v) is 19.5. The predicted molar refractivity (Wildman–Crippen MR) is 126 cm³/mol. The van der Waals surface area contributed by atoms with Gasteiger partial charge in [0.1, 0.15) is 5.82 Å². The van der Waals surface area contributed by atoms with Gasteiger partial charge in [-0.05, 0) is 42.0 Å². The van der Waals surface area contributed by atoms with Crippen molar-refractivity contribution in [3.05, 3.63) is 42.1 Å². The smallest absolute Gasteiger partial charge is 0.244 e. The molecule has 2 saturated heterocycles. The number of methoxy groups -OCH3 is 1. The molecule has 4 N–H and O–H groups in total. The van der Waals surface area contributed by atoms with Crippen LogP contribution in [0.4, 0.5) is 11.5 Å². The predicted octanol–water partition coefficient (Wildman–Crippen LogP) is 0.720. The highest BCUT2D eigenvalue weighted by atomic mass is 16.5. The van der Waals surface area contributed by atoms with Crippen molar-refractivity contribution in [2.24, 2.45) is 13.0 Å². The number of rotatable bonds is 6. The van der Waals surface area contributed by atoms with Crippen molar-refractivity contribution in [3.63, 3.8) is 0 Å². The van der Waals surface area contributed by atoms with Crippen LogP contribution < -0.4 is 26.1 Å². The number of pyridine rings is 1. The Morgan fingerprint density at radius 2 is 2.06 bits per heavy atom. The normalized spacial score (nSPS) is 24.1. The van der Waals surface area contributed by atoms with Crippen LogP contribution >= 0.6 is 0 Å². The molecule has 34 heavy (non-hydrogen) atoms. The first-order valence-electron chi connectivity index (χ1n) is 11.1. The maximum absolute atomic E-state index is 13.0. The SMILES string of the molecule is COc1c(NC2CC(Nc3cc(C)ccn3)NC3NN(C)C(=O)C23)cccc1-c1nnn(C)n1. The van der Waals surface area contributed by atoms with E-state index in [1.807, 2.05) is 37.3 Å². The number of hydrazine groups is 1. The van der Waals surface area contributed by atoms with E-state index < -0.39 is 0 Å². The zero-order chi connectivity index (χ0) is 23.8. The van der Waals surface area contributed by atoms with E-state index in [2.05, 4.69) is 41.8 Å².